The maximum atomic E-state index is 10.6. The fourth-order valence-corrected chi connectivity index (χ4v) is 2.13. The number of rotatable bonds is 4. The molecule has 1 rings (SSSR count). The van der Waals surface area contributed by atoms with Crippen LogP contribution in [0.2, 0.25) is 19.6 Å². The summed E-state index contributed by atoms with van der Waals surface area (Å²) in [6.07, 6.45) is 0. The van der Waals surface area contributed by atoms with Crippen molar-refractivity contribution in [2.24, 2.45) is 5.73 Å². The maximum absolute atomic E-state index is 10.6. The summed E-state index contributed by atoms with van der Waals surface area (Å²) >= 11 is 0. The van der Waals surface area contributed by atoms with Crippen LogP contribution in [0.15, 0.2) is 18.2 Å². The van der Waals surface area contributed by atoms with Gasteiger partial charge in [-0.2, -0.15) is 0 Å². The van der Waals surface area contributed by atoms with Crippen LogP contribution < -0.4 is 10.2 Å². The summed E-state index contributed by atoms with van der Waals surface area (Å²) in [6.45, 7) is 6.39. The molecule has 1 aromatic rings. The Kier molecular flexibility index (Phi) is 3.66. The minimum absolute atomic E-state index is 0.0448. The van der Waals surface area contributed by atoms with Crippen LogP contribution in [0.3, 0.4) is 0 Å². The molecule has 0 amide bonds. The van der Waals surface area contributed by atoms with Crippen molar-refractivity contribution in [2.75, 3.05) is 0 Å². The second-order valence-corrected chi connectivity index (χ2v) is 8.90. The van der Waals surface area contributed by atoms with E-state index in [4.69, 9.17) is 10.2 Å². The van der Waals surface area contributed by atoms with Crippen molar-refractivity contribution >= 4 is 14.0 Å². The number of nitro groups is 1. The third kappa shape index (κ3) is 3.32. The molecule has 0 spiro atoms. The highest BCUT2D eigenvalue weighted by Crippen LogP contribution is 2.26. The molecule has 1 aromatic carbocycles. The van der Waals surface area contributed by atoms with E-state index < -0.39 is 13.2 Å². The monoisotopic (exact) mass is 240 g/mol. The lowest BCUT2D eigenvalue weighted by atomic mass is 10.2. The van der Waals surface area contributed by atoms with Gasteiger partial charge >= 0.3 is 0 Å². The van der Waals surface area contributed by atoms with Gasteiger partial charge in [0.1, 0.15) is 5.75 Å². The van der Waals surface area contributed by atoms with Gasteiger partial charge in [0, 0.05) is 24.2 Å². The Balaban J connectivity index is 3.07. The summed E-state index contributed by atoms with van der Waals surface area (Å²) in [7, 11) is -1.72. The van der Waals surface area contributed by atoms with Crippen molar-refractivity contribution in [3.8, 4) is 5.75 Å². The number of nitrogens with zero attached hydrogens (tertiary/aromatic N) is 1. The Hall–Kier alpha value is -1.40. The summed E-state index contributed by atoms with van der Waals surface area (Å²) in [5.74, 6) is 0.660. The summed E-state index contributed by atoms with van der Waals surface area (Å²) in [5, 5.41) is 10.6. The molecule has 0 fully saturated rings. The molecule has 5 nitrogen and oxygen atoms in total. The highest BCUT2D eigenvalue weighted by Gasteiger charge is 2.19. The summed E-state index contributed by atoms with van der Waals surface area (Å²) in [5.41, 5.74) is 6.27. The van der Waals surface area contributed by atoms with E-state index in [-0.39, 0.29) is 12.2 Å². The standard InChI is InChI=1S/C10H16N2O3Si/c1-16(2,3)15-10-5-4-9(12(13)14)6-8(10)7-11/h4-6H,7,11H2,1-3H3. The lowest BCUT2D eigenvalue weighted by Crippen LogP contribution is -2.30. The van der Waals surface area contributed by atoms with Crippen LogP contribution in [0, 0.1) is 10.1 Å². The minimum Gasteiger partial charge on any atom is -0.544 e. The van der Waals surface area contributed by atoms with Gasteiger partial charge in [0.05, 0.1) is 4.92 Å². The molecule has 6 heteroatoms. The highest BCUT2D eigenvalue weighted by atomic mass is 28.4. The topological polar surface area (TPSA) is 78.4 Å². The predicted octanol–water partition coefficient (Wildman–Crippen LogP) is 2.27. The van der Waals surface area contributed by atoms with Crippen molar-refractivity contribution in [3.63, 3.8) is 0 Å². The van der Waals surface area contributed by atoms with Gasteiger partial charge < -0.3 is 10.2 Å². The largest absolute Gasteiger partial charge is 0.544 e. The third-order valence-electron chi connectivity index (χ3n) is 1.89. The van der Waals surface area contributed by atoms with Gasteiger partial charge in [0.2, 0.25) is 8.32 Å². The van der Waals surface area contributed by atoms with Gasteiger partial charge in [-0.3, -0.25) is 10.1 Å². The first-order chi connectivity index (χ1) is 7.33. The number of hydrogen-bond donors (Lipinski definition) is 1. The molecule has 0 bridgehead atoms. The van der Waals surface area contributed by atoms with E-state index in [0.717, 1.165) is 0 Å². The van der Waals surface area contributed by atoms with E-state index >= 15 is 0 Å². The molecular formula is C10H16N2O3Si. The second kappa shape index (κ2) is 4.63. The third-order valence-corrected chi connectivity index (χ3v) is 2.72. The molecule has 0 unspecified atom stereocenters. The number of nitro benzene ring substituents is 1. The summed E-state index contributed by atoms with van der Waals surface area (Å²) in [6, 6.07) is 4.53. The Bertz CT molecular complexity index is 402. The molecule has 0 radical (unpaired) electrons. The first kappa shape index (κ1) is 12.7. The molecule has 0 saturated heterocycles. The van der Waals surface area contributed by atoms with E-state index in [9.17, 15) is 10.1 Å². The molecular weight excluding hydrogens is 224 g/mol. The molecule has 0 aliphatic rings. The van der Waals surface area contributed by atoms with Gasteiger partial charge in [-0.15, -0.1) is 0 Å². The molecule has 0 aliphatic carbocycles. The second-order valence-electron chi connectivity index (χ2n) is 4.47. The quantitative estimate of drug-likeness (QED) is 0.497. The van der Waals surface area contributed by atoms with Crippen LogP contribution in [0.4, 0.5) is 5.69 Å². The zero-order chi connectivity index (χ0) is 12.3. The Labute approximate surface area is 95.5 Å². The normalized spacial score (nSPS) is 11.2. The molecule has 0 saturated carbocycles. The van der Waals surface area contributed by atoms with Gasteiger partial charge in [-0.05, 0) is 25.7 Å². The molecule has 88 valence electrons. The van der Waals surface area contributed by atoms with Gasteiger partial charge in [-0.1, -0.05) is 0 Å². The molecule has 0 heterocycles. The molecule has 2 N–H and O–H groups in total. The SMILES string of the molecule is C[Si](C)(C)Oc1ccc([N+](=O)[O-])cc1CN. The van der Waals surface area contributed by atoms with Gasteiger partial charge in [0.25, 0.3) is 5.69 Å². The predicted molar refractivity (Wildman–Crippen MR) is 65.0 cm³/mol. The Morgan fingerprint density at radius 3 is 2.50 bits per heavy atom. The zero-order valence-corrected chi connectivity index (χ0v) is 10.7. The smallest absolute Gasteiger partial charge is 0.270 e. The minimum atomic E-state index is -1.72. The van der Waals surface area contributed by atoms with Crippen LogP contribution in [-0.2, 0) is 6.54 Å². The average molecular weight is 240 g/mol. The summed E-state index contributed by atoms with van der Waals surface area (Å²) in [4.78, 5) is 10.2. The zero-order valence-electron chi connectivity index (χ0n) is 9.69. The molecule has 16 heavy (non-hydrogen) atoms. The van der Waals surface area contributed by atoms with Crippen molar-refractivity contribution in [3.05, 3.63) is 33.9 Å². The van der Waals surface area contributed by atoms with Crippen molar-refractivity contribution in [2.45, 2.75) is 26.2 Å². The lowest BCUT2D eigenvalue weighted by molar-refractivity contribution is -0.384. The van der Waals surface area contributed by atoms with Crippen LogP contribution >= 0.6 is 0 Å². The number of benzene rings is 1. The van der Waals surface area contributed by atoms with Gasteiger partial charge in [-0.25, -0.2) is 0 Å². The van der Waals surface area contributed by atoms with Crippen LogP contribution in [-0.4, -0.2) is 13.2 Å². The van der Waals surface area contributed by atoms with Gasteiger partial charge in [0.15, 0.2) is 0 Å². The summed E-state index contributed by atoms with van der Waals surface area (Å²) < 4.78 is 5.79. The van der Waals surface area contributed by atoms with E-state index in [0.29, 0.717) is 11.3 Å². The number of hydrogen-bond acceptors (Lipinski definition) is 4. The van der Waals surface area contributed by atoms with E-state index in [1.54, 1.807) is 6.07 Å². The first-order valence-corrected chi connectivity index (χ1v) is 8.41. The molecule has 0 atom stereocenters. The van der Waals surface area contributed by atoms with Crippen LogP contribution in [0.5, 0.6) is 5.75 Å². The van der Waals surface area contributed by atoms with Crippen LogP contribution in [0.25, 0.3) is 0 Å². The Morgan fingerprint density at radius 2 is 2.06 bits per heavy atom. The maximum Gasteiger partial charge on any atom is 0.270 e. The fourth-order valence-electron chi connectivity index (χ4n) is 1.27. The number of non-ortho nitro benzene ring substituents is 1. The van der Waals surface area contributed by atoms with Crippen molar-refractivity contribution < 1.29 is 9.35 Å². The first-order valence-electron chi connectivity index (χ1n) is 5.00. The number of nitrogens with two attached hydrogens (primary N) is 1. The Morgan fingerprint density at radius 1 is 1.44 bits per heavy atom. The molecule has 0 aliphatic heterocycles. The van der Waals surface area contributed by atoms with Crippen molar-refractivity contribution in [1.29, 1.82) is 0 Å². The lowest BCUT2D eigenvalue weighted by Gasteiger charge is -2.21. The average Bonchev–Trinajstić information content (AvgIpc) is 2.15. The molecule has 0 aromatic heterocycles. The van der Waals surface area contributed by atoms with E-state index in [1.807, 2.05) is 0 Å². The van der Waals surface area contributed by atoms with Crippen molar-refractivity contribution in [1.82, 2.24) is 0 Å². The van der Waals surface area contributed by atoms with E-state index in [2.05, 4.69) is 19.6 Å². The fraction of sp³-hybridized carbons (Fsp3) is 0.400. The van der Waals surface area contributed by atoms with Crippen LogP contribution in [0.1, 0.15) is 5.56 Å². The van der Waals surface area contributed by atoms with E-state index in [1.165, 1.54) is 12.1 Å². The highest BCUT2D eigenvalue weighted by molar-refractivity contribution is 6.70.